The molecule has 0 amide bonds. The Balaban J connectivity index is 1.99. The lowest BCUT2D eigenvalue weighted by atomic mass is 9.99. The molecule has 100 valence electrons. The van der Waals surface area contributed by atoms with Gasteiger partial charge in [-0.3, -0.25) is 0 Å². The summed E-state index contributed by atoms with van der Waals surface area (Å²) in [6.07, 6.45) is 3.07. The van der Waals surface area contributed by atoms with E-state index in [0.29, 0.717) is 0 Å². The van der Waals surface area contributed by atoms with E-state index in [2.05, 4.69) is 25.2 Å². The number of aliphatic hydroxyl groups excluding tert-OH is 1. The minimum Gasteiger partial charge on any atom is -0.490 e. The molecule has 1 saturated carbocycles. The molecular formula is C15H23NO2. The van der Waals surface area contributed by atoms with Crippen LogP contribution in [0.3, 0.4) is 0 Å². The normalized spacial score (nSPS) is 27.4. The summed E-state index contributed by atoms with van der Waals surface area (Å²) >= 11 is 0. The molecule has 2 N–H and O–H groups in total. The van der Waals surface area contributed by atoms with E-state index in [4.69, 9.17) is 4.74 Å². The molecule has 0 spiro atoms. The van der Waals surface area contributed by atoms with E-state index < -0.39 is 0 Å². The second kappa shape index (κ2) is 5.72. The van der Waals surface area contributed by atoms with Gasteiger partial charge in [0.15, 0.2) is 0 Å². The molecule has 1 aromatic rings. The summed E-state index contributed by atoms with van der Waals surface area (Å²) in [4.78, 5) is 0. The van der Waals surface area contributed by atoms with Crippen LogP contribution in [0.2, 0.25) is 0 Å². The summed E-state index contributed by atoms with van der Waals surface area (Å²) in [7, 11) is 0. The maximum absolute atomic E-state index is 9.57. The van der Waals surface area contributed by atoms with Crippen molar-refractivity contribution in [1.29, 1.82) is 0 Å². The standard InChI is InChI=1S/C15H23NO2/c1-3-16-15(11-17)9-8-13(10-15)18-14-7-5-4-6-12(14)2/h4-7,13,16-17H,3,8-11H2,1-2H3. The van der Waals surface area contributed by atoms with Crippen LogP contribution in [-0.2, 0) is 0 Å². The zero-order chi connectivity index (χ0) is 13.0. The average Bonchev–Trinajstić information content (AvgIpc) is 2.77. The van der Waals surface area contributed by atoms with Crippen LogP contribution in [0.15, 0.2) is 24.3 Å². The largest absolute Gasteiger partial charge is 0.490 e. The van der Waals surface area contributed by atoms with Gasteiger partial charge in [0.05, 0.1) is 6.61 Å². The first kappa shape index (κ1) is 13.4. The zero-order valence-corrected chi connectivity index (χ0v) is 11.3. The van der Waals surface area contributed by atoms with Gasteiger partial charge < -0.3 is 15.2 Å². The third-order valence-electron chi connectivity index (χ3n) is 3.80. The second-order valence-electron chi connectivity index (χ2n) is 5.22. The van der Waals surface area contributed by atoms with E-state index >= 15 is 0 Å². The highest BCUT2D eigenvalue weighted by atomic mass is 16.5. The Morgan fingerprint density at radius 2 is 2.22 bits per heavy atom. The number of benzene rings is 1. The van der Waals surface area contributed by atoms with E-state index in [1.807, 2.05) is 18.2 Å². The summed E-state index contributed by atoms with van der Waals surface area (Å²) in [5.41, 5.74) is 1.03. The molecule has 0 aromatic heterocycles. The molecular weight excluding hydrogens is 226 g/mol. The Labute approximate surface area is 109 Å². The molecule has 0 saturated heterocycles. The van der Waals surface area contributed by atoms with Crippen molar-refractivity contribution >= 4 is 0 Å². The molecule has 18 heavy (non-hydrogen) atoms. The SMILES string of the molecule is CCNC1(CO)CCC(Oc2ccccc2C)C1. The molecule has 0 heterocycles. The van der Waals surface area contributed by atoms with Crippen molar-refractivity contribution in [2.75, 3.05) is 13.2 Å². The van der Waals surface area contributed by atoms with Gasteiger partial charge in [-0.2, -0.15) is 0 Å². The van der Waals surface area contributed by atoms with Gasteiger partial charge in [-0.05, 0) is 37.9 Å². The topological polar surface area (TPSA) is 41.5 Å². The summed E-state index contributed by atoms with van der Waals surface area (Å²) in [5.74, 6) is 0.965. The molecule has 2 rings (SSSR count). The maximum Gasteiger partial charge on any atom is 0.122 e. The van der Waals surface area contributed by atoms with Crippen molar-refractivity contribution in [1.82, 2.24) is 5.32 Å². The molecule has 0 aliphatic heterocycles. The fraction of sp³-hybridized carbons (Fsp3) is 0.600. The van der Waals surface area contributed by atoms with Crippen LogP contribution >= 0.6 is 0 Å². The molecule has 1 aromatic carbocycles. The van der Waals surface area contributed by atoms with Gasteiger partial charge in [0, 0.05) is 12.0 Å². The van der Waals surface area contributed by atoms with Gasteiger partial charge in [-0.1, -0.05) is 25.1 Å². The summed E-state index contributed by atoms with van der Waals surface area (Å²) in [5, 5.41) is 13.0. The number of para-hydroxylation sites is 1. The number of hydrogen-bond acceptors (Lipinski definition) is 3. The highest BCUT2D eigenvalue weighted by Gasteiger charge is 2.39. The molecule has 0 radical (unpaired) electrons. The van der Waals surface area contributed by atoms with Crippen LogP contribution in [0, 0.1) is 6.92 Å². The third kappa shape index (κ3) is 2.85. The first-order valence-electron chi connectivity index (χ1n) is 6.77. The van der Waals surface area contributed by atoms with Crippen LogP contribution in [-0.4, -0.2) is 29.9 Å². The summed E-state index contributed by atoms with van der Waals surface area (Å²) < 4.78 is 6.06. The molecule has 2 unspecified atom stereocenters. The van der Waals surface area contributed by atoms with Crippen molar-refractivity contribution in [2.24, 2.45) is 0 Å². The van der Waals surface area contributed by atoms with Gasteiger partial charge in [0.1, 0.15) is 11.9 Å². The highest BCUT2D eigenvalue weighted by Crippen LogP contribution is 2.33. The van der Waals surface area contributed by atoms with E-state index in [9.17, 15) is 5.11 Å². The minimum atomic E-state index is -0.137. The van der Waals surface area contributed by atoms with E-state index in [1.165, 1.54) is 5.56 Å². The van der Waals surface area contributed by atoms with Crippen LogP contribution < -0.4 is 10.1 Å². The van der Waals surface area contributed by atoms with Gasteiger partial charge >= 0.3 is 0 Å². The van der Waals surface area contributed by atoms with Crippen LogP contribution in [0.1, 0.15) is 31.7 Å². The number of likely N-dealkylation sites (N-methyl/N-ethyl adjacent to an activating group) is 1. The lowest BCUT2D eigenvalue weighted by molar-refractivity contribution is 0.141. The van der Waals surface area contributed by atoms with Crippen molar-refractivity contribution in [3.63, 3.8) is 0 Å². The van der Waals surface area contributed by atoms with Crippen molar-refractivity contribution in [2.45, 2.75) is 44.8 Å². The van der Waals surface area contributed by atoms with E-state index in [1.54, 1.807) is 0 Å². The predicted octanol–water partition coefficient (Wildman–Crippen LogP) is 2.27. The van der Waals surface area contributed by atoms with Crippen molar-refractivity contribution in [3.05, 3.63) is 29.8 Å². The molecule has 2 atom stereocenters. The van der Waals surface area contributed by atoms with Crippen molar-refractivity contribution in [3.8, 4) is 5.75 Å². The zero-order valence-electron chi connectivity index (χ0n) is 11.3. The number of ether oxygens (including phenoxy) is 1. The molecule has 1 fully saturated rings. The summed E-state index contributed by atoms with van der Waals surface area (Å²) in [6, 6.07) is 8.10. The lowest BCUT2D eigenvalue weighted by Crippen LogP contribution is -2.46. The molecule has 1 aliphatic carbocycles. The number of rotatable bonds is 5. The maximum atomic E-state index is 9.57. The van der Waals surface area contributed by atoms with Gasteiger partial charge in [-0.15, -0.1) is 0 Å². The lowest BCUT2D eigenvalue weighted by Gasteiger charge is -2.28. The monoisotopic (exact) mass is 249 g/mol. The number of aliphatic hydroxyl groups is 1. The molecule has 1 aliphatic rings. The Kier molecular flexibility index (Phi) is 4.25. The van der Waals surface area contributed by atoms with Gasteiger partial charge in [0.25, 0.3) is 0 Å². The predicted molar refractivity (Wildman–Crippen MR) is 72.9 cm³/mol. The first-order chi connectivity index (χ1) is 8.69. The second-order valence-corrected chi connectivity index (χ2v) is 5.22. The number of nitrogens with one attached hydrogen (secondary N) is 1. The van der Waals surface area contributed by atoms with Crippen molar-refractivity contribution < 1.29 is 9.84 Å². The average molecular weight is 249 g/mol. The van der Waals surface area contributed by atoms with Crippen LogP contribution in [0.25, 0.3) is 0 Å². The number of aryl methyl sites for hydroxylation is 1. The van der Waals surface area contributed by atoms with E-state index in [0.717, 1.165) is 31.6 Å². The third-order valence-corrected chi connectivity index (χ3v) is 3.80. The van der Waals surface area contributed by atoms with Crippen LogP contribution in [0.5, 0.6) is 5.75 Å². The Morgan fingerprint density at radius 1 is 1.44 bits per heavy atom. The molecule has 3 heteroatoms. The van der Waals surface area contributed by atoms with Gasteiger partial charge in [-0.25, -0.2) is 0 Å². The smallest absolute Gasteiger partial charge is 0.122 e. The molecule has 3 nitrogen and oxygen atoms in total. The minimum absolute atomic E-state index is 0.137. The first-order valence-corrected chi connectivity index (χ1v) is 6.77. The summed E-state index contributed by atoms with van der Waals surface area (Å²) in [6.45, 7) is 5.22. The van der Waals surface area contributed by atoms with E-state index in [-0.39, 0.29) is 18.2 Å². The molecule has 0 bridgehead atoms. The Morgan fingerprint density at radius 3 is 2.89 bits per heavy atom. The quantitative estimate of drug-likeness (QED) is 0.841. The fourth-order valence-corrected chi connectivity index (χ4v) is 2.78. The Bertz CT molecular complexity index is 394. The van der Waals surface area contributed by atoms with Crippen LogP contribution in [0.4, 0.5) is 0 Å². The fourth-order valence-electron chi connectivity index (χ4n) is 2.78. The van der Waals surface area contributed by atoms with Gasteiger partial charge in [0.2, 0.25) is 0 Å². The Hall–Kier alpha value is -1.06. The number of hydrogen-bond donors (Lipinski definition) is 2. The highest BCUT2D eigenvalue weighted by molar-refractivity contribution is 5.32.